The van der Waals surface area contributed by atoms with Gasteiger partial charge in [-0.1, -0.05) is 22.0 Å². The molecule has 0 unspecified atom stereocenters. The van der Waals surface area contributed by atoms with Gasteiger partial charge in [0.15, 0.2) is 0 Å². The number of halogens is 1. The second-order valence-corrected chi connectivity index (χ2v) is 5.99. The van der Waals surface area contributed by atoms with Crippen molar-refractivity contribution in [3.63, 3.8) is 0 Å². The number of carbonyl (C=O) groups is 1. The maximum absolute atomic E-state index is 10.8. The molecule has 0 aliphatic heterocycles. The van der Waals surface area contributed by atoms with E-state index in [0.29, 0.717) is 13.1 Å². The van der Waals surface area contributed by atoms with Crippen molar-refractivity contribution in [2.24, 2.45) is 0 Å². The number of hydrogen-bond acceptors (Lipinski definition) is 4. The summed E-state index contributed by atoms with van der Waals surface area (Å²) in [7, 11) is 0. The van der Waals surface area contributed by atoms with E-state index < -0.39 is 5.97 Å². The lowest BCUT2D eigenvalue weighted by molar-refractivity contribution is 0.0697. The molecule has 1 aromatic carbocycles. The average Bonchev–Trinajstić information content (AvgIpc) is 2.77. The quantitative estimate of drug-likeness (QED) is 0.877. The van der Waals surface area contributed by atoms with E-state index in [2.05, 4.69) is 26.2 Å². The highest BCUT2D eigenvalue weighted by Crippen LogP contribution is 2.19. The summed E-state index contributed by atoms with van der Waals surface area (Å²) in [6.45, 7) is 3.35. The van der Waals surface area contributed by atoms with Gasteiger partial charge in [-0.05, 0) is 24.6 Å². The first-order valence-electron chi connectivity index (χ1n) is 5.69. The number of rotatable bonds is 5. The molecule has 0 saturated carbocycles. The lowest BCUT2D eigenvalue weighted by Crippen LogP contribution is -2.13. The molecule has 1 heterocycles. The third kappa shape index (κ3) is 3.86. The molecule has 0 radical (unpaired) electrons. The smallest absolute Gasteiger partial charge is 0.335 e. The summed E-state index contributed by atoms with van der Waals surface area (Å²) in [6.07, 6.45) is 0. The minimum Gasteiger partial charge on any atom is -0.478 e. The summed E-state index contributed by atoms with van der Waals surface area (Å²) in [5.74, 6) is -0.918. The topological polar surface area (TPSA) is 62.2 Å². The molecule has 1 aromatic heterocycles. The molecular weight excluding hydrogens is 328 g/mol. The molecule has 100 valence electrons. The molecular formula is C13H13BrN2O2S. The number of thiazole rings is 1. The van der Waals surface area contributed by atoms with Crippen molar-refractivity contribution < 1.29 is 9.90 Å². The van der Waals surface area contributed by atoms with E-state index in [0.717, 1.165) is 20.7 Å². The standard InChI is InChI=1S/C13H13BrN2O2S/c1-8-16-11(7-19-8)6-15-5-10-3-2-9(13(17)18)4-12(10)14/h2-4,7,15H,5-6H2,1H3,(H,17,18). The highest BCUT2D eigenvalue weighted by atomic mass is 79.9. The van der Waals surface area contributed by atoms with Crippen LogP contribution in [0.25, 0.3) is 0 Å². The molecule has 0 aliphatic carbocycles. The van der Waals surface area contributed by atoms with Crippen LogP contribution >= 0.6 is 27.3 Å². The van der Waals surface area contributed by atoms with E-state index in [-0.39, 0.29) is 5.56 Å². The van der Waals surface area contributed by atoms with Gasteiger partial charge >= 0.3 is 5.97 Å². The number of nitrogens with zero attached hydrogens (tertiary/aromatic N) is 1. The largest absolute Gasteiger partial charge is 0.478 e. The van der Waals surface area contributed by atoms with E-state index in [1.54, 1.807) is 23.5 Å². The number of aryl methyl sites for hydroxylation is 1. The number of aromatic carboxylic acids is 1. The van der Waals surface area contributed by atoms with E-state index in [1.165, 1.54) is 0 Å². The fourth-order valence-electron chi connectivity index (χ4n) is 1.64. The highest BCUT2D eigenvalue weighted by molar-refractivity contribution is 9.10. The molecule has 0 amide bonds. The Labute approximate surface area is 123 Å². The summed E-state index contributed by atoms with van der Waals surface area (Å²) in [6, 6.07) is 5.04. The molecule has 2 N–H and O–H groups in total. The predicted octanol–water partition coefficient (Wildman–Crippen LogP) is 3.20. The molecule has 2 aromatic rings. The number of nitrogens with one attached hydrogen (secondary N) is 1. The van der Waals surface area contributed by atoms with Gasteiger partial charge in [0.2, 0.25) is 0 Å². The van der Waals surface area contributed by atoms with Crippen molar-refractivity contribution in [2.45, 2.75) is 20.0 Å². The van der Waals surface area contributed by atoms with Gasteiger partial charge in [-0.25, -0.2) is 9.78 Å². The van der Waals surface area contributed by atoms with Gasteiger partial charge in [-0.2, -0.15) is 0 Å². The highest BCUT2D eigenvalue weighted by Gasteiger charge is 2.06. The first-order valence-corrected chi connectivity index (χ1v) is 7.37. The third-order valence-corrected chi connectivity index (χ3v) is 4.15. The summed E-state index contributed by atoms with van der Waals surface area (Å²) < 4.78 is 0.800. The van der Waals surface area contributed by atoms with Crippen LogP contribution in [0.15, 0.2) is 28.1 Å². The van der Waals surface area contributed by atoms with Crippen LogP contribution in [0.3, 0.4) is 0 Å². The number of carboxylic acid groups (broad SMARTS) is 1. The molecule has 0 aliphatic rings. The van der Waals surface area contributed by atoms with Crippen LogP contribution in [0, 0.1) is 6.92 Å². The van der Waals surface area contributed by atoms with Gasteiger partial charge in [-0.3, -0.25) is 0 Å². The van der Waals surface area contributed by atoms with Crippen molar-refractivity contribution in [3.8, 4) is 0 Å². The van der Waals surface area contributed by atoms with Crippen molar-refractivity contribution in [3.05, 3.63) is 49.9 Å². The van der Waals surface area contributed by atoms with Gasteiger partial charge in [0.05, 0.1) is 16.3 Å². The van der Waals surface area contributed by atoms with Gasteiger partial charge in [0.25, 0.3) is 0 Å². The van der Waals surface area contributed by atoms with Crippen LogP contribution in [0.2, 0.25) is 0 Å². The second-order valence-electron chi connectivity index (χ2n) is 4.07. The van der Waals surface area contributed by atoms with Crippen LogP contribution < -0.4 is 5.32 Å². The Balaban J connectivity index is 1.94. The Morgan fingerprint density at radius 3 is 2.84 bits per heavy atom. The monoisotopic (exact) mass is 340 g/mol. The number of carboxylic acids is 1. The lowest BCUT2D eigenvalue weighted by Gasteiger charge is -2.06. The van der Waals surface area contributed by atoms with Crippen LogP contribution in [0.5, 0.6) is 0 Å². The van der Waals surface area contributed by atoms with Gasteiger partial charge in [0.1, 0.15) is 0 Å². The molecule has 4 nitrogen and oxygen atoms in total. The van der Waals surface area contributed by atoms with E-state index in [1.807, 2.05) is 18.4 Å². The fourth-order valence-corrected chi connectivity index (χ4v) is 2.77. The van der Waals surface area contributed by atoms with E-state index >= 15 is 0 Å². The molecule has 0 bridgehead atoms. The normalized spacial score (nSPS) is 10.6. The Morgan fingerprint density at radius 2 is 2.26 bits per heavy atom. The third-order valence-electron chi connectivity index (χ3n) is 2.59. The molecule has 0 saturated heterocycles. The summed E-state index contributed by atoms with van der Waals surface area (Å²) in [5, 5.41) is 15.3. The first-order chi connectivity index (χ1) is 9.06. The van der Waals surface area contributed by atoms with Crippen LogP contribution in [0.1, 0.15) is 26.6 Å². The van der Waals surface area contributed by atoms with Gasteiger partial charge < -0.3 is 10.4 Å². The predicted molar refractivity (Wildman–Crippen MR) is 78.5 cm³/mol. The maximum Gasteiger partial charge on any atom is 0.335 e. The first kappa shape index (κ1) is 14.2. The van der Waals surface area contributed by atoms with Crippen molar-refractivity contribution >= 4 is 33.2 Å². The lowest BCUT2D eigenvalue weighted by atomic mass is 10.1. The van der Waals surface area contributed by atoms with Crippen LogP contribution in [-0.4, -0.2) is 16.1 Å². The average molecular weight is 341 g/mol. The van der Waals surface area contributed by atoms with Crippen LogP contribution in [0.4, 0.5) is 0 Å². The number of hydrogen-bond donors (Lipinski definition) is 2. The Hall–Kier alpha value is -1.24. The number of aromatic nitrogens is 1. The van der Waals surface area contributed by atoms with Crippen molar-refractivity contribution in [1.82, 2.24) is 10.3 Å². The zero-order valence-corrected chi connectivity index (χ0v) is 12.7. The van der Waals surface area contributed by atoms with Crippen molar-refractivity contribution in [2.75, 3.05) is 0 Å². The second kappa shape index (κ2) is 6.27. The summed E-state index contributed by atoms with van der Waals surface area (Å²) in [4.78, 5) is 15.2. The van der Waals surface area contributed by atoms with Gasteiger partial charge in [-0.15, -0.1) is 11.3 Å². The molecule has 0 spiro atoms. The maximum atomic E-state index is 10.8. The Morgan fingerprint density at radius 1 is 1.47 bits per heavy atom. The van der Waals surface area contributed by atoms with Crippen molar-refractivity contribution in [1.29, 1.82) is 0 Å². The SMILES string of the molecule is Cc1nc(CNCc2ccc(C(=O)O)cc2Br)cs1. The van der Waals surface area contributed by atoms with E-state index in [9.17, 15) is 4.79 Å². The minimum atomic E-state index is -0.918. The Kier molecular flexibility index (Phi) is 4.68. The summed E-state index contributed by atoms with van der Waals surface area (Å²) >= 11 is 5.02. The molecule has 0 fully saturated rings. The fraction of sp³-hybridized carbons (Fsp3) is 0.231. The zero-order valence-electron chi connectivity index (χ0n) is 10.3. The molecule has 2 rings (SSSR count). The van der Waals surface area contributed by atoms with Gasteiger partial charge in [0, 0.05) is 22.9 Å². The zero-order chi connectivity index (χ0) is 13.8. The van der Waals surface area contributed by atoms with E-state index in [4.69, 9.17) is 5.11 Å². The molecule has 0 atom stereocenters. The molecule has 6 heteroatoms. The van der Waals surface area contributed by atoms with Crippen LogP contribution in [-0.2, 0) is 13.1 Å². The number of benzene rings is 1. The summed E-state index contributed by atoms with van der Waals surface area (Å²) in [5.41, 5.74) is 2.34. The molecule has 19 heavy (non-hydrogen) atoms. The minimum absolute atomic E-state index is 0.283. The Bertz CT molecular complexity index is 598.